The fraction of sp³-hybridized carbons (Fsp3) is 0.385. The molecule has 0 aliphatic rings. The summed E-state index contributed by atoms with van der Waals surface area (Å²) in [5, 5.41) is 8.76. The van der Waals surface area contributed by atoms with Crippen molar-refractivity contribution in [3.8, 4) is 0 Å². The van der Waals surface area contributed by atoms with Gasteiger partial charge in [-0.3, -0.25) is 9.59 Å². The van der Waals surface area contributed by atoms with Crippen molar-refractivity contribution in [2.24, 2.45) is 0 Å². The van der Waals surface area contributed by atoms with E-state index in [0.717, 1.165) is 6.07 Å². The molecule has 0 aliphatic carbocycles. The molecular formula is C13H17FN2O3. The van der Waals surface area contributed by atoms with Crippen LogP contribution in [0.2, 0.25) is 0 Å². The molecule has 5 nitrogen and oxygen atoms in total. The molecule has 0 heterocycles. The third-order valence-electron chi connectivity index (χ3n) is 2.85. The number of anilines is 1. The van der Waals surface area contributed by atoms with E-state index in [1.807, 2.05) is 0 Å². The monoisotopic (exact) mass is 268 g/mol. The number of aliphatic carboxylic acids is 1. The Morgan fingerprint density at radius 1 is 1.47 bits per heavy atom. The van der Waals surface area contributed by atoms with Gasteiger partial charge in [0.2, 0.25) is 0 Å². The Balaban J connectivity index is 3.01. The summed E-state index contributed by atoms with van der Waals surface area (Å²) < 4.78 is 13.2. The van der Waals surface area contributed by atoms with Crippen LogP contribution in [-0.2, 0) is 4.79 Å². The zero-order valence-corrected chi connectivity index (χ0v) is 10.9. The highest BCUT2D eigenvalue weighted by molar-refractivity contribution is 5.99. The van der Waals surface area contributed by atoms with Gasteiger partial charge in [0, 0.05) is 18.3 Å². The first-order valence-electron chi connectivity index (χ1n) is 5.94. The summed E-state index contributed by atoms with van der Waals surface area (Å²) in [4.78, 5) is 24.3. The molecule has 0 spiro atoms. The third kappa shape index (κ3) is 3.67. The van der Waals surface area contributed by atoms with E-state index >= 15 is 0 Å². The first-order valence-corrected chi connectivity index (χ1v) is 5.94. The number of carbonyl (C=O) groups excluding carboxylic acids is 1. The Labute approximate surface area is 110 Å². The summed E-state index contributed by atoms with van der Waals surface area (Å²) in [7, 11) is 0. The number of hydrogen-bond acceptors (Lipinski definition) is 3. The number of nitrogens with two attached hydrogens (primary N) is 1. The van der Waals surface area contributed by atoms with Gasteiger partial charge in [-0.1, -0.05) is 0 Å². The first-order chi connectivity index (χ1) is 8.86. The van der Waals surface area contributed by atoms with Gasteiger partial charge in [-0.2, -0.15) is 0 Å². The highest BCUT2D eigenvalue weighted by Crippen LogP contribution is 2.18. The highest BCUT2D eigenvalue weighted by atomic mass is 19.1. The van der Waals surface area contributed by atoms with Gasteiger partial charge in [-0.25, -0.2) is 4.39 Å². The van der Waals surface area contributed by atoms with Crippen molar-refractivity contribution in [3.05, 3.63) is 29.6 Å². The summed E-state index contributed by atoms with van der Waals surface area (Å²) in [6, 6.07) is 3.06. The summed E-state index contributed by atoms with van der Waals surface area (Å²) >= 11 is 0. The second-order valence-corrected chi connectivity index (χ2v) is 4.27. The maximum atomic E-state index is 13.2. The zero-order chi connectivity index (χ0) is 14.6. The van der Waals surface area contributed by atoms with Crippen LogP contribution in [0.25, 0.3) is 0 Å². The van der Waals surface area contributed by atoms with Crippen LogP contribution in [0.15, 0.2) is 18.2 Å². The number of benzene rings is 1. The van der Waals surface area contributed by atoms with Gasteiger partial charge in [0.1, 0.15) is 5.82 Å². The van der Waals surface area contributed by atoms with Crippen LogP contribution in [0.4, 0.5) is 10.1 Å². The second kappa shape index (κ2) is 6.17. The quantitative estimate of drug-likeness (QED) is 0.797. The van der Waals surface area contributed by atoms with Crippen molar-refractivity contribution < 1.29 is 19.1 Å². The number of carbonyl (C=O) groups is 2. The number of hydrogen-bond donors (Lipinski definition) is 2. The zero-order valence-electron chi connectivity index (χ0n) is 10.9. The molecule has 1 unspecified atom stereocenters. The van der Waals surface area contributed by atoms with Crippen molar-refractivity contribution in [2.75, 3.05) is 12.3 Å². The molecule has 1 aromatic carbocycles. The van der Waals surface area contributed by atoms with Crippen molar-refractivity contribution >= 4 is 17.6 Å². The fourth-order valence-electron chi connectivity index (χ4n) is 1.89. The molecular weight excluding hydrogens is 251 g/mol. The minimum Gasteiger partial charge on any atom is -0.481 e. The van der Waals surface area contributed by atoms with Crippen LogP contribution in [0, 0.1) is 5.82 Å². The van der Waals surface area contributed by atoms with Crippen LogP contribution >= 0.6 is 0 Å². The van der Waals surface area contributed by atoms with Gasteiger partial charge >= 0.3 is 5.97 Å². The lowest BCUT2D eigenvalue weighted by Crippen LogP contribution is -2.40. The van der Waals surface area contributed by atoms with Crippen molar-refractivity contribution in [1.82, 2.24) is 4.90 Å². The van der Waals surface area contributed by atoms with Gasteiger partial charge in [-0.15, -0.1) is 0 Å². The van der Waals surface area contributed by atoms with Crippen LogP contribution in [-0.4, -0.2) is 34.5 Å². The Kier molecular flexibility index (Phi) is 4.86. The lowest BCUT2D eigenvalue weighted by molar-refractivity contribution is -0.138. The fourth-order valence-corrected chi connectivity index (χ4v) is 1.89. The van der Waals surface area contributed by atoms with E-state index in [1.165, 1.54) is 17.0 Å². The van der Waals surface area contributed by atoms with Gasteiger partial charge in [0.25, 0.3) is 5.91 Å². The van der Waals surface area contributed by atoms with E-state index in [1.54, 1.807) is 13.8 Å². The molecule has 6 heteroatoms. The molecule has 0 saturated heterocycles. The Morgan fingerprint density at radius 3 is 2.63 bits per heavy atom. The van der Waals surface area contributed by atoms with Crippen LogP contribution < -0.4 is 5.73 Å². The Bertz CT molecular complexity index is 491. The molecule has 1 rings (SSSR count). The number of halogens is 1. The molecule has 0 aliphatic heterocycles. The van der Waals surface area contributed by atoms with Gasteiger partial charge in [0.15, 0.2) is 0 Å². The number of amides is 1. The van der Waals surface area contributed by atoms with Crippen LogP contribution in [0.1, 0.15) is 30.6 Å². The summed E-state index contributed by atoms with van der Waals surface area (Å²) in [6.07, 6.45) is -0.172. The van der Waals surface area contributed by atoms with E-state index in [9.17, 15) is 14.0 Å². The number of nitrogens with zero attached hydrogens (tertiary/aromatic N) is 1. The smallest absolute Gasteiger partial charge is 0.305 e. The van der Waals surface area contributed by atoms with Crippen molar-refractivity contribution in [2.45, 2.75) is 26.3 Å². The topological polar surface area (TPSA) is 83.6 Å². The highest BCUT2D eigenvalue weighted by Gasteiger charge is 2.23. The van der Waals surface area contributed by atoms with Gasteiger partial charge < -0.3 is 15.7 Å². The summed E-state index contributed by atoms with van der Waals surface area (Å²) in [6.45, 7) is 3.68. The standard InChI is InChI=1S/C13H17FN2O3/c1-3-16(8(2)6-12(17)18)13(19)10-7-9(14)4-5-11(10)15/h4-5,7-8H,3,6,15H2,1-2H3,(H,17,18). The van der Waals surface area contributed by atoms with E-state index in [4.69, 9.17) is 10.8 Å². The van der Waals surface area contributed by atoms with E-state index in [-0.39, 0.29) is 17.7 Å². The molecule has 1 amide bonds. The number of rotatable bonds is 5. The minimum absolute atomic E-state index is 0.0547. The van der Waals surface area contributed by atoms with Crippen molar-refractivity contribution in [3.63, 3.8) is 0 Å². The molecule has 3 N–H and O–H groups in total. The number of carboxylic acids is 1. The average Bonchev–Trinajstić information content (AvgIpc) is 2.32. The van der Waals surface area contributed by atoms with Crippen molar-refractivity contribution in [1.29, 1.82) is 0 Å². The van der Waals surface area contributed by atoms with Gasteiger partial charge in [-0.05, 0) is 32.0 Å². The van der Waals surface area contributed by atoms with E-state index < -0.39 is 23.7 Å². The first kappa shape index (κ1) is 14.9. The Morgan fingerprint density at radius 2 is 2.11 bits per heavy atom. The van der Waals surface area contributed by atoms with E-state index in [2.05, 4.69) is 0 Å². The molecule has 104 valence electrons. The summed E-state index contributed by atoms with van der Waals surface area (Å²) in [5.74, 6) is -2.02. The minimum atomic E-state index is -0.994. The predicted molar refractivity (Wildman–Crippen MR) is 69.2 cm³/mol. The molecule has 1 aromatic rings. The molecule has 0 saturated carbocycles. The van der Waals surface area contributed by atoms with Crippen LogP contribution in [0.5, 0.6) is 0 Å². The second-order valence-electron chi connectivity index (χ2n) is 4.27. The lowest BCUT2D eigenvalue weighted by atomic mass is 10.1. The Hall–Kier alpha value is -2.11. The molecule has 0 bridgehead atoms. The van der Waals surface area contributed by atoms with Crippen LogP contribution in [0.3, 0.4) is 0 Å². The normalized spacial score (nSPS) is 11.9. The number of carboxylic acid groups (broad SMARTS) is 1. The third-order valence-corrected chi connectivity index (χ3v) is 2.85. The van der Waals surface area contributed by atoms with E-state index in [0.29, 0.717) is 6.54 Å². The number of nitrogen functional groups attached to an aromatic ring is 1. The van der Waals surface area contributed by atoms with Gasteiger partial charge in [0.05, 0.1) is 12.0 Å². The average molecular weight is 268 g/mol. The maximum absolute atomic E-state index is 13.2. The lowest BCUT2D eigenvalue weighted by Gasteiger charge is -2.27. The summed E-state index contributed by atoms with van der Waals surface area (Å²) in [5.41, 5.74) is 5.88. The molecule has 0 radical (unpaired) electrons. The molecule has 1 atom stereocenters. The molecule has 19 heavy (non-hydrogen) atoms. The largest absolute Gasteiger partial charge is 0.481 e. The SMILES string of the molecule is CCN(C(=O)c1cc(F)ccc1N)C(C)CC(=O)O. The molecule has 0 fully saturated rings. The maximum Gasteiger partial charge on any atom is 0.305 e. The predicted octanol–water partition coefficient (Wildman–Crippen LogP) is 1.73. The molecule has 0 aromatic heterocycles.